The highest BCUT2D eigenvalue weighted by Crippen LogP contribution is 2.09. The molecule has 0 spiro atoms. The molecule has 0 saturated carbocycles. The molecule has 0 radical (unpaired) electrons. The van der Waals surface area contributed by atoms with Crippen molar-refractivity contribution < 1.29 is 33.3 Å². The van der Waals surface area contributed by atoms with Crippen LogP contribution in [0.1, 0.15) is 4.11 Å². The molecule has 0 aromatic carbocycles. The van der Waals surface area contributed by atoms with Crippen molar-refractivity contribution >= 4 is 5.78 Å². The van der Waals surface area contributed by atoms with Crippen LogP contribution >= 0.6 is 0 Å². The molecule has 0 aliphatic heterocycles. The van der Waals surface area contributed by atoms with Crippen LogP contribution in [0.3, 0.4) is 0 Å². The van der Waals surface area contributed by atoms with Crippen LogP contribution in [0.4, 0.5) is 0 Å². The summed E-state index contributed by atoms with van der Waals surface area (Å²) in [5.41, 5.74) is 0. The summed E-state index contributed by atoms with van der Waals surface area (Å²) < 4.78 is 34.9. The molecule has 0 aromatic rings. The molecule has 2 N–H and O–H groups in total. The summed E-state index contributed by atoms with van der Waals surface area (Å²) in [6, 6.07) is 0. The van der Waals surface area contributed by atoms with E-state index in [4.69, 9.17) is 18.7 Å². The Morgan fingerprint density at radius 3 is 2.67 bits per heavy atom. The molecule has 0 bridgehead atoms. The number of ether oxygens (including phenoxy) is 3. The Kier molecular flexibility index (Phi) is 4.98. The number of aliphatic hydroxyl groups excluding tert-OH is 2. The summed E-state index contributed by atoms with van der Waals surface area (Å²) in [6.45, 7) is -1.10. The first-order chi connectivity index (χ1) is 8.62. The first kappa shape index (κ1) is 9.68. The van der Waals surface area contributed by atoms with E-state index in [-0.39, 0.29) is 13.7 Å². The van der Waals surface area contributed by atoms with Gasteiger partial charge in [-0.05, 0) is 0 Å². The molecule has 15 heavy (non-hydrogen) atoms. The van der Waals surface area contributed by atoms with E-state index in [9.17, 15) is 9.90 Å². The van der Waals surface area contributed by atoms with Gasteiger partial charge in [-0.15, -0.1) is 0 Å². The van der Waals surface area contributed by atoms with E-state index in [1.807, 2.05) is 0 Å². The van der Waals surface area contributed by atoms with Crippen LogP contribution in [0.15, 0.2) is 0 Å². The normalized spacial score (nSPS) is 19.7. The van der Waals surface area contributed by atoms with Crippen molar-refractivity contribution in [1.29, 1.82) is 0 Å². The molecular formula is C9H18O6. The molecule has 90 valence electrons. The maximum Gasteiger partial charge on any atom is 0.189 e. The minimum absolute atomic E-state index is 0.273. The number of carbonyl (C=O) groups is 1. The average molecular weight is 225 g/mol. The molecule has 0 aromatic heterocycles. The largest absolute Gasteiger partial charge is 0.388 e. The van der Waals surface area contributed by atoms with Crippen molar-refractivity contribution in [2.75, 3.05) is 34.5 Å². The topological polar surface area (TPSA) is 85.2 Å². The van der Waals surface area contributed by atoms with Crippen LogP contribution in [-0.4, -0.2) is 68.8 Å². The zero-order valence-corrected chi connectivity index (χ0v) is 8.30. The van der Waals surface area contributed by atoms with E-state index < -0.39 is 44.9 Å². The first-order valence-electron chi connectivity index (χ1n) is 6.24. The summed E-state index contributed by atoms with van der Waals surface area (Å²) in [5.74, 6) is -0.759. The quantitative estimate of drug-likeness (QED) is 0.527. The number of hydrogen-bond donors (Lipinski definition) is 2. The molecule has 0 saturated heterocycles. The Labute approximate surface area is 93.0 Å². The zero-order chi connectivity index (χ0) is 14.0. The van der Waals surface area contributed by atoms with Crippen LogP contribution in [0.25, 0.3) is 0 Å². The molecule has 0 aliphatic carbocycles. The van der Waals surface area contributed by atoms with Gasteiger partial charge in [0.2, 0.25) is 0 Å². The van der Waals surface area contributed by atoms with Crippen molar-refractivity contribution in [2.45, 2.75) is 18.3 Å². The Balaban J connectivity index is 4.71. The highest BCUT2D eigenvalue weighted by molar-refractivity contribution is 5.84. The van der Waals surface area contributed by atoms with Gasteiger partial charge in [-0.3, -0.25) is 4.79 Å². The lowest BCUT2D eigenvalue weighted by atomic mass is 10.0. The van der Waals surface area contributed by atoms with E-state index in [2.05, 4.69) is 4.74 Å². The van der Waals surface area contributed by atoms with Crippen LogP contribution < -0.4 is 0 Å². The van der Waals surface area contributed by atoms with Crippen LogP contribution in [0.5, 0.6) is 0 Å². The van der Waals surface area contributed by atoms with Gasteiger partial charge in [0, 0.05) is 21.3 Å². The number of aliphatic hydroxyl groups is 2. The predicted octanol–water partition coefficient (Wildman–Crippen LogP) is -1.41. The van der Waals surface area contributed by atoms with Gasteiger partial charge in [-0.2, -0.15) is 0 Å². The van der Waals surface area contributed by atoms with Gasteiger partial charge >= 0.3 is 0 Å². The average Bonchev–Trinajstić information content (AvgIpc) is 2.39. The van der Waals surface area contributed by atoms with E-state index in [0.29, 0.717) is 0 Å². The fraction of sp³-hybridized carbons (Fsp3) is 0.889. The predicted molar refractivity (Wildman–Crippen MR) is 51.6 cm³/mol. The number of hydrogen-bond acceptors (Lipinski definition) is 6. The molecule has 0 aliphatic rings. The molecule has 6 heteroatoms. The summed E-state index contributed by atoms with van der Waals surface area (Å²) in [5, 5.41) is 18.5. The molecule has 6 nitrogen and oxygen atoms in total. The summed E-state index contributed by atoms with van der Waals surface area (Å²) in [7, 11) is -1.46. The number of methoxy groups -OCH3 is 3. The fourth-order valence-corrected chi connectivity index (χ4v) is 1.08. The van der Waals surface area contributed by atoms with Crippen molar-refractivity contribution in [3.63, 3.8) is 0 Å². The third kappa shape index (κ3) is 4.23. The van der Waals surface area contributed by atoms with Crippen LogP contribution in [0.2, 0.25) is 0 Å². The van der Waals surface area contributed by atoms with Gasteiger partial charge in [0.25, 0.3) is 0 Å². The third-order valence-electron chi connectivity index (χ3n) is 1.81. The van der Waals surface area contributed by atoms with E-state index >= 15 is 0 Å². The van der Waals surface area contributed by atoms with Crippen molar-refractivity contribution in [1.82, 2.24) is 0 Å². The SMILES string of the molecule is [2H]COC[C@@H](O)[C@@H](OC[2H])[C@H](OC[2H])C(=O)CO. The van der Waals surface area contributed by atoms with Gasteiger partial charge in [0.15, 0.2) is 5.78 Å². The Morgan fingerprint density at radius 2 is 2.13 bits per heavy atom. The van der Waals surface area contributed by atoms with Gasteiger partial charge < -0.3 is 24.4 Å². The van der Waals surface area contributed by atoms with Crippen molar-refractivity contribution in [3.05, 3.63) is 0 Å². The van der Waals surface area contributed by atoms with Gasteiger partial charge in [0.1, 0.15) is 24.9 Å². The van der Waals surface area contributed by atoms with Crippen molar-refractivity contribution in [3.8, 4) is 0 Å². The third-order valence-corrected chi connectivity index (χ3v) is 1.81. The smallest absolute Gasteiger partial charge is 0.189 e. The van der Waals surface area contributed by atoms with Crippen molar-refractivity contribution in [2.24, 2.45) is 0 Å². The standard InChI is InChI=1S/C9H18O6/c1-13-5-7(12)9(15-3)8(14-2)6(11)4-10/h7-10,12H,4-5H2,1-3H3/t7-,8-,9-/m1/s1/i1D,2D,3D. The number of rotatable bonds is 8. The molecule has 0 fully saturated rings. The van der Waals surface area contributed by atoms with Gasteiger partial charge in [-0.25, -0.2) is 0 Å². The Hall–Kier alpha value is -0.530. The fourth-order valence-electron chi connectivity index (χ4n) is 1.08. The lowest BCUT2D eigenvalue weighted by Gasteiger charge is -2.27. The van der Waals surface area contributed by atoms with E-state index in [1.54, 1.807) is 0 Å². The van der Waals surface area contributed by atoms with Crippen LogP contribution in [-0.2, 0) is 19.0 Å². The number of Topliss-reactive ketones (excluding diaryl/α,β-unsaturated/α-hetero) is 1. The second-order valence-electron chi connectivity index (χ2n) is 2.78. The molecular weight excluding hydrogens is 204 g/mol. The number of ketones is 1. The summed E-state index contributed by atoms with van der Waals surface area (Å²) in [6.07, 6.45) is -3.87. The highest BCUT2D eigenvalue weighted by atomic mass is 16.5. The zero-order valence-electron chi connectivity index (χ0n) is 11.3. The highest BCUT2D eigenvalue weighted by Gasteiger charge is 2.33. The number of carbonyl (C=O) groups excluding carboxylic acids is 1. The second kappa shape index (κ2) is 7.72. The monoisotopic (exact) mass is 225 g/mol. The molecule has 0 heterocycles. The van der Waals surface area contributed by atoms with E-state index in [0.717, 1.165) is 0 Å². The van der Waals surface area contributed by atoms with Crippen LogP contribution in [0, 0.1) is 0 Å². The van der Waals surface area contributed by atoms with E-state index in [1.165, 1.54) is 0 Å². The Bertz CT molecular complexity index is 230. The molecule has 0 unspecified atom stereocenters. The Morgan fingerprint density at radius 1 is 1.40 bits per heavy atom. The molecule has 3 atom stereocenters. The minimum Gasteiger partial charge on any atom is -0.388 e. The molecule has 0 rings (SSSR count). The summed E-state index contributed by atoms with van der Waals surface area (Å²) >= 11 is 0. The maximum absolute atomic E-state index is 11.4. The lowest BCUT2D eigenvalue weighted by molar-refractivity contribution is -0.151. The van der Waals surface area contributed by atoms with Gasteiger partial charge in [0.05, 0.1) is 10.7 Å². The first-order valence-corrected chi connectivity index (χ1v) is 4.12. The second-order valence-corrected chi connectivity index (χ2v) is 2.78. The van der Waals surface area contributed by atoms with Gasteiger partial charge in [-0.1, -0.05) is 0 Å². The maximum atomic E-state index is 11.4. The lowest BCUT2D eigenvalue weighted by Crippen LogP contribution is -2.47. The summed E-state index contributed by atoms with van der Waals surface area (Å²) in [4.78, 5) is 11.4. The molecule has 0 amide bonds. The minimum atomic E-state index is -1.35.